The van der Waals surface area contributed by atoms with Crippen molar-refractivity contribution in [2.75, 3.05) is 11.9 Å². The van der Waals surface area contributed by atoms with Crippen molar-refractivity contribution in [3.8, 4) is 0 Å². The highest BCUT2D eigenvalue weighted by molar-refractivity contribution is 6.21. The Bertz CT molecular complexity index is 912. The molecule has 0 spiro atoms. The molecule has 0 atom stereocenters. The number of nitrogens with zero attached hydrogens (tertiary/aromatic N) is 1. The highest BCUT2D eigenvalue weighted by Crippen LogP contribution is 2.24. The molecule has 26 heavy (non-hydrogen) atoms. The topological polar surface area (TPSA) is 66.5 Å². The molecule has 0 bridgehead atoms. The van der Waals surface area contributed by atoms with Gasteiger partial charge in [-0.05, 0) is 37.6 Å². The lowest BCUT2D eigenvalue weighted by Gasteiger charge is -2.13. The first-order chi connectivity index (χ1) is 12.4. The van der Waals surface area contributed by atoms with E-state index in [-0.39, 0.29) is 36.9 Å². The molecule has 2 aromatic rings. The number of carbonyl (C=O) groups is 3. The lowest BCUT2D eigenvalue weighted by Crippen LogP contribution is -2.31. The molecule has 0 unspecified atom stereocenters. The molecule has 1 aliphatic rings. The van der Waals surface area contributed by atoms with Gasteiger partial charge in [0.2, 0.25) is 5.91 Å². The summed E-state index contributed by atoms with van der Waals surface area (Å²) < 4.78 is 26.4. The Kier molecular flexibility index (Phi) is 4.79. The van der Waals surface area contributed by atoms with Crippen molar-refractivity contribution in [1.82, 2.24) is 4.90 Å². The minimum absolute atomic E-state index is 0.0107. The van der Waals surface area contributed by atoms with Gasteiger partial charge in [0.15, 0.2) is 0 Å². The van der Waals surface area contributed by atoms with Gasteiger partial charge in [0, 0.05) is 19.0 Å². The number of hydrogen-bond acceptors (Lipinski definition) is 3. The van der Waals surface area contributed by atoms with Gasteiger partial charge in [-0.2, -0.15) is 0 Å². The third-order valence-electron chi connectivity index (χ3n) is 4.12. The highest BCUT2D eigenvalue weighted by Gasteiger charge is 2.34. The maximum absolute atomic E-state index is 13.5. The van der Waals surface area contributed by atoms with Crippen LogP contribution < -0.4 is 5.32 Å². The molecule has 5 nitrogen and oxygen atoms in total. The molecule has 1 heterocycles. The zero-order chi connectivity index (χ0) is 18.8. The minimum Gasteiger partial charge on any atom is -0.324 e. The fourth-order valence-electron chi connectivity index (χ4n) is 2.81. The predicted octanol–water partition coefficient (Wildman–Crippen LogP) is 3.29. The number of imide groups is 1. The van der Waals surface area contributed by atoms with E-state index in [0.29, 0.717) is 17.2 Å². The molecule has 3 amide bonds. The lowest BCUT2D eigenvalue weighted by molar-refractivity contribution is -0.116. The molecule has 2 aromatic carbocycles. The Hall–Kier alpha value is -3.09. The van der Waals surface area contributed by atoms with Crippen molar-refractivity contribution >= 4 is 23.4 Å². The van der Waals surface area contributed by atoms with Gasteiger partial charge in [0.05, 0.1) is 16.8 Å². The maximum Gasteiger partial charge on any atom is 0.261 e. The second-order valence-electron chi connectivity index (χ2n) is 6.09. The van der Waals surface area contributed by atoms with Crippen molar-refractivity contribution in [3.05, 3.63) is 64.7 Å². The number of benzene rings is 2. The lowest BCUT2D eigenvalue weighted by atomic mass is 10.1. The van der Waals surface area contributed by atoms with E-state index >= 15 is 0 Å². The van der Waals surface area contributed by atoms with Gasteiger partial charge in [-0.1, -0.05) is 11.6 Å². The van der Waals surface area contributed by atoms with E-state index in [0.717, 1.165) is 22.6 Å². The van der Waals surface area contributed by atoms with Crippen LogP contribution in [-0.4, -0.2) is 29.2 Å². The Morgan fingerprint density at radius 1 is 1.04 bits per heavy atom. The average molecular weight is 358 g/mol. The molecule has 0 saturated heterocycles. The molecule has 134 valence electrons. The largest absolute Gasteiger partial charge is 0.324 e. The van der Waals surface area contributed by atoms with Crippen LogP contribution in [0.3, 0.4) is 0 Å². The summed E-state index contributed by atoms with van der Waals surface area (Å²) >= 11 is 0. The smallest absolute Gasteiger partial charge is 0.261 e. The van der Waals surface area contributed by atoms with E-state index in [2.05, 4.69) is 5.32 Å². The Labute approximate surface area is 148 Å². The third kappa shape index (κ3) is 3.46. The van der Waals surface area contributed by atoms with Gasteiger partial charge in [-0.15, -0.1) is 0 Å². The number of anilines is 1. The summed E-state index contributed by atoms with van der Waals surface area (Å²) in [6, 6.07) is 7.90. The predicted molar refractivity (Wildman–Crippen MR) is 90.8 cm³/mol. The molecule has 1 aliphatic heterocycles. The summed E-state index contributed by atoms with van der Waals surface area (Å²) in [6.07, 6.45) is 0.225. The maximum atomic E-state index is 13.5. The molecule has 1 N–H and O–H groups in total. The first kappa shape index (κ1) is 17.7. The number of halogens is 2. The monoisotopic (exact) mass is 358 g/mol. The van der Waals surface area contributed by atoms with Crippen LogP contribution in [0, 0.1) is 18.6 Å². The summed E-state index contributed by atoms with van der Waals surface area (Å²) in [7, 11) is 0. The molecule has 0 aliphatic carbocycles. The van der Waals surface area contributed by atoms with Crippen molar-refractivity contribution in [2.45, 2.75) is 19.8 Å². The number of carbonyl (C=O) groups excluding carboxylic acids is 3. The molecule has 0 radical (unpaired) electrons. The number of rotatable bonds is 5. The van der Waals surface area contributed by atoms with E-state index in [1.165, 1.54) is 0 Å². The van der Waals surface area contributed by atoms with Crippen LogP contribution in [0.15, 0.2) is 36.4 Å². The van der Waals surface area contributed by atoms with Crippen LogP contribution in [0.4, 0.5) is 14.5 Å². The third-order valence-corrected chi connectivity index (χ3v) is 4.12. The Balaban J connectivity index is 1.56. The molecule has 0 saturated carbocycles. The molecule has 0 aromatic heterocycles. The minimum atomic E-state index is -0.867. The van der Waals surface area contributed by atoms with Crippen molar-refractivity contribution in [1.29, 1.82) is 0 Å². The van der Waals surface area contributed by atoms with Gasteiger partial charge < -0.3 is 5.32 Å². The molecule has 3 rings (SSSR count). The molecule has 7 heteroatoms. The van der Waals surface area contributed by atoms with Gasteiger partial charge in [0.25, 0.3) is 11.8 Å². The second-order valence-corrected chi connectivity index (χ2v) is 6.09. The van der Waals surface area contributed by atoms with E-state index in [1.807, 2.05) is 6.92 Å². The first-order valence-electron chi connectivity index (χ1n) is 8.08. The summed E-state index contributed by atoms with van der Waals surface area (Å²) in [5.41, 5.74) is 1.49. The SMILES string of the molecule is Cc1ccc2c(c1)C(=O)N(CCCC(=O)Nc1ccc(F)cc1F)C2=O. The number of hydrogen-bond donors (Lipinski definition) is 1. The van der Waals surface area contributed by atoms with E-state index < -0.39 is 17.5 Å². The summed E-state index contributed by atoms with van der Waals surface area (Å²) in [5, 5.41) is 2.34. The summed E-state index contributed by atoms with van der Waals surface area (Å²) in [6.45, 7) is 1.92. The fourth-order valence-corrected chi connectivity index (χ4v) is 2.81. The van der Waals surface area contributed by atoms with Crippen LogP contribution in [0.5, 0.6) is 0 Å². The highest BCUT2D eigenvalue weighted by atomic mass is 19.1. The summed E-state index contributed by atoms with van der Waals surface area (Å²) in [5.74, 6) is -2.84. The number of amides is 3. The van der Waals surface area contributed by atoms with Crippen LogP contribution >= 0.6 is 0 Å². The van der Waals surface area contributed by atoms with E-state index in [4.69, 9.17) is 0 Å². The fraction of sp³-hybridized carbons (Fsp3) is 0.211. The van der Waals surface area contributed by atoms with Gasteiger partial charge in [-0.3, -0.25) is 19.3 Å². The zero-order valence-corrected chi connectivity index (χ0v) is 14.0. The van der Waals surface area contributed by atoms with Crippen LogP contribution in [0.1, 0.15) is 39.1 Å². The number of fused-ring (bicyclic) bond motifs is 1. The average Bonchev–Trinajstić information content (AvgIpc) is 2.82. The van der Waals surface area contributed by atoms with Crippen LogP contribution in [-0.2, 0) is 4.79 Å². The van der Waals surface area contributed by atoms with Crippen molar-refractivity contribution in [2.24, 2.45) is 0 Å². The molecular weight excluding hydrogens is 342 g/mol. The zero-order valence-electron chi connectivity index (χ0n) is 14.0. The van der Waals surface area contributed by atoms with Crippen LogP contribution in [0.25, 0.3) is 0 Å². The summed E-state index contributed by atoms with van der Waals surface area (Å²) in [4.78, 5) is 37.6. The molecule has 0 fully saturated rings. The number of nitrogens with one attached hydrogen (secondary N) is 1. The second kappa shape index (κ2) is 7.03. The van der Waals surface area contributed by atoms with Crippen molar-refractivity contribution < 1.29 is 23.2 Å². The van der Waals surface area contributed by atoms with E-state index in [1.54, 1.807) is 18.2 Å². The quantitative estimate of drug-likeness (QED) is 0.834. The van der Waals surface area contributed by atoms with E-state index in [9.17, 15) is 23.2 Å². The van der Waals surface area contributed by atoms with Gasteiger partial charge >= 0.3 is 0 Å². The Morgan fingerprint density at radius 3 is 2.50 bits per heavy atom. The number of aryl methyl sites for hydroxylation is 1. The molecular formula is C19H16F2N2O3. The Morgan fingerprint density at radius 2 is 1.77 bits per heavy atom. The first-order valence-corrected chi connectivity index (χ1v) is 8.08. The normalized spacial score (nSPS) is 13.1. The van der Waals surface area contributed by atoms with Crippen LogP contribution in [0.2, 0.25) is 0 Å². The van der Waals surface area contributed by atoms with Crippen molar-refractivity contribution in [3.63, 3.8) is 0 Å². The van der Waals surface area contributed by atoms with Gasteiger partial charge in [0.1, 0.15) is 11.6 Å². The standard InChI is InChI=1S/C19H16F2N2O3/c1-11-4-6-13-14(9-11)19(26)23(18(13)25)8-2-3-17(24)22-16-7-5-12(20)10-15(16)21/h4-7,9-10H,2-3,8H2,1H3,(H,22,24). The van der Waals surface area contributed by atoms with Gasteiger partial charge in [-0.25, -0.2) is 8.78 Å².